The van der Waals surface area contributed by atoms with E-state index in [9.17, 15) is 14.9 Å². The zero-order valence-electron chi connectivity index (χ0n) is 8.59. The first-order chi connectivity index (χ1) is 8.00. The summed E-state index contributed by atoms with van der Waals surface area (Å²) in [5.74, 6) is 0. The molecule has 0 bridgehead atoms. The molecule has 3 N–H and O–H groups in total. The Labute approximate surface area is 105 Å². The van der Waals surface area contributed by atoms with Gasteiger partial charge in [-0.2, -0.15) is 5.10 Å². The summed E-state index contributed by atoms with van der Waals surface area (Å²) in [6.45, 7) is 0. The van der Waals surface area contributed by atoms with Gasteiger partial charge in [0, 0.05) is 28.7 Å². The maximum absolute atomic E-state index is 10.8. The minimum Gasteiger partial charge on any atom is -0.350 e. The molecule has 0 spiro atoms. The Hall–Kier alpha value is -1.96. The summed E-state index contributed by atoms with van der Waals surface area (Å²) < 4.78 is 0.625. The number of halogens is 1. The Bertz CT molecular complexity index is 475. The fourth-order valence-corrected chi connectivity index (χ4v) is 1.48. The molecule has 0 saturated carbocycles. The van der Waals surface area contributed by atoms with Crippen LogP contribution in [0, 0.1) is 10.1 Å². The Morgan fingerprint density at radius 1 is 1.65 bits per heavy atom. The average molecular weight is 301 g/mol. The molecule has 0 radical (unpaired) electrons. The van der Waals surface area contributed by atoms with Crippen LogP contribution in [0.1, 0.15) is 5.56 Å². The normalized spacial score (nSPS) is 10.4. The van der Waals surface area contributed by atoms with E-state index < -0.39 is 11.0 Å². The Morgan fingerprint density at radius 3 is 2.94 bits per heavy atom. The molecule has 0 aliphatic rings. The van der Waals surface area contributed by atoms with Crippen LogP contribution in [-0.4, -0.2) is 17.2 Å². The number of carbonyl (C=O) groups is 1. The summed E-state index contributed by atoms with van der Waals surface area (Å²) in [6, 6.07) is 3.92. The highest BCUT2D eigenvalue weighted by atomic mass is 79.9. The Morgan fingerprint density at radius 2 is 2.35 bits per heavy atom. The predicted octanol–water partition coefficient (Wildman–Crippen LogP) is 1.55. The maximum atomic E-state index is 10.8. The number of nitro groups is 1. The summed E-state index contributed by atoms with van der Waals surface area (Å²) in [4.78, 5) is 20.6. The number of hydrazone groups is 1. The van der Waals surface area contributed by atoms with Crippen LogP contribution in [0.2, 0.25) is 0 Å². The standard InChI is InChI=1S/C9H9BrN4O3/c10-7-2-1-6(8(5-7)14(16)17)3-4-12-13-9(11)15/h1-2,4-5H,3H2,(H3,11,13,15). The van der Waals surface area contributed by atoms with Crippen LogP contribution in [0.3, 0.4) is 0 Å². The SMILES string of the molecule is NC(=O)NN=CCc1ccc(Br)cc1[N+](=O)[O-]. The lowest BCUT2D eigenvalue weighted by molar-refractivity contribution is -0.385. The molecule has 0 unspecified atom stereocenters. The fourth-order valence-electron chi connectivity index (χ4n) is 1.13. The van der Waals surface area contributed by atoms with E-state index in [1.54, 1.807) is 12.1 Å². The van der Waals surface area contributed by atoms with Crippen molar-refractivity contribution in [3.05, 3.63) is 38.3 Å². The second-order valence-electron chi connectivity index (χ2n) is 3.02. The second kappa shape index (κ2) is 5.94. The zero-order valence-corrected chi connectivity index (χ0v) is 10.2. The van der Waals surface area contributed by atoms with Crippen molar-refractivity contribution in [3.63, 3.8) is 0 Å². The molecule has 0 aliphatic carbocycles. The quantitative estimate of drug-likeness (QED) is 0.500. The third-order valence-electron chi connectivity index (χ3n) is 1.82. The van der Waals surface area contributed by atoms with E-state index in [1.165, 1.54) is 12.3 Å². The molecular weight excluding hydrogens is 292 g/mol. The highest BCUT2D eigenvalue weighted by Crippen LogP contribution is 2.23. The zero-order chi connectivity index (χ0) is 12.8. The van der Waals surface area contributed by atoms with Crippen molar-refractivity contribution < 1.29 is 9.72 Å². The van der Waals surface area contributed by atoms with Crippen molar-refractivity contribution >= 4 is 33.9 Å². The van der Waals surface area contributed by atoms with Crippen LogP contribution in [0.5, 0.6) is 0 Å². The van der Waals surface area contributed by atoms with Gasteiger partial charge in [0.2, 0.25) is 0 Å². The molecule has 0 saturated heterocycles. The number of benzene rings is 1. The van der Waals surface area contributed by atoms with Gasteiger partial charge in [0.25, 0.3) is 5.69 Å². The highest BCUT2D eigenvalue weighted by Gasteiger charge is 2.12. The molecule has 0 aliphatic heterocycles. The van der Waals surface area contributed by atoms with Gasteiger partial charge in [0.05, 0.1) is 4.92 Å². The Balaban J connectivity index is 2.80. The molecule has 2 amide bonds. The van der Waals surface area contributed by atoms with Gasteiger partial charge < -0.3 is 5.73 Å². The highest BCUT2D eigenvalue weighted by molar-refractivity contribution is 9.10. The molecule has 90 valence electrons. The summed E-state index contributed by atoms with van der Waals surface area (Å²) in [7, 11) is 0. The third-order valence-corrected chi connectivity index (χ3v) is 2.31. The van der Waals surface area contributed by atoms with Gasteiger partial charge in [-0.3, -0.25) is 10.1 Å². The maximum Gasteiger partial charge on any atom is 0.332 e. The number of hydrogen-bond donors (Lipinski definition) is 2. The van der Waals surface area contributed by atoms with Crippen molar-refractivity contribution in [3.8, 4) is 0 Å². The summed E-state index contributed by atoms with van der Waals surface area (Å²) in [5, 5.41) is 14.3. The number of nitrogens with zero attached hydrogens (tertiary/aromatic N) is 2. The molecule has 1 rings (SSSR count). The van der Waals surface area contributed by atoms with Crippen molar-refractivity contribution in [2.75, 3.05) is 0 Å². The van der Waals surface area contributed by atoms with E-state index in [1.807, 2.05) is 5.43 Å². The van der Waals surface area contributed by atoms with Gasteiger partial charge in [-0.25, -0.2) is 10.2 Å². The Kier molecular flexibility index (Phi) is 4.58. The van der Waals surface area contributed by atoms with Crippen LogP contribution in [0.25, 0.3) is 0 Å². The van der Waals surface area contributed by atoms with Gasteiger partial charge >= 0.3 is 6.03 Å². The van der Waals surface area contributed by atoms with Crippen LogP contribution in [0.4, 0.5) is 10.5 Å². The first-order valence-corrected chi connectivity index (χ1v) is 5.30. The molecule has 17 heavy (non-hydrogen) atoms. The fraction of sp³-hybridized carbons (Fsp3) is 0.111. The summed E-state index contributed by atoms with van der Waals surface area (Å²) in [5.41, 5.74) is 7.28. The molecule has 7 nitrogen and oxygen atoms in total. The number of primary amides is 1. The number of urea groups is 1. The number of nitro benzene ring substituents is 1. The van der Waals surface area contributed by atoms with E-state index in [4.69, 9.17) is 5.73 Å². The molecule has 0 atom stereocenters. The first-order valence-electron chi connectivity index (χ1n) is 4.50. The van der Waals surface area contributed by atoms with Gasteiger partial charge in [-0.1, -0.05) is 22.0 Å². The van der Waals surface area contributed by atoms with Gasteiger partial charge in [-0.05, 0) is 6.07 Å². The molecular formula is C9H9BrN4O3. The monoisotopic (exact) mass is 300 g/mol. The molecule has 0 fully saturated rings. The number of nitrogens with two attached hydrogens (primary N) is 1. The van der Waals surface area contributed by atoms with E-state index in [0.717, 1.165) is 0 Å². The van der Waals surface area contributed by atoms with Gasteiger partial charge in [0.15, 0.2) is 0 Å². The van der Waals surface area contributed by atoms with Gasteiger partial charge in [-0.15, -0.1) is 0 Å². The van der Waals surface area contributed by atoms with E-state index in [-0.39, 0.29) is 12.1 Å². The number of carbonyl (C=O) groups excluding carboxylic acids is 1. The molecule has 1 aromatic rings. The lowest BCUT2D eigenvalue weighted by Crippen LogP contribution is -2.24. The lowest BCUT2D eigenvalue weighted by Gasteiger charge is -2.00. The molecule has 1 aromatic carbocycles. The minimum atomic E-state index is -0.786. The number of rotatable bonds is 4. The van der Waals surface area contributed by atoms with Crippen molar-refractivity contribution in [1.82, 2.24) is 5.43 Å². The van der Waals surface area contributed by atoms with E-state index in [0.29, 0.717) is 10.0 Å². The van der Waals surface area contributed by atoms with Crippen molar-refractivity contribution in [1.29, 1.82) is 0 Å². The lowest BCUT2D eigenvalue weighted by atomic mass is 10.1. The second-order valence-corrected chi connectivity index (χ2v) is 3.94. The first kappa shape index (κ1) is 13.1. The van der Waals surface area contributed by atoms with Crippen LogP contribution >= 0.6 is 15.9 Å². The van der Waals surface area contributed by atoms with Crippen LogP contribution in [0.15, 0.2) is 27.8 Å². The van der Waals surface area contributed by atoms with Crippen molar-refractivity contribution in [2.45, 2.75) is 6.42 Å². The topological polar surface area (TPSA) is 111 Å². The third kappa shape index (κ3) is 4.19. The molecule has 0 heterocycles. The number of amides is 2. The van der Waals surface area contributed by atoms with Crippen molar-refractivity contribution in [2.24, 2.45) is 10.8 Å². The number of nitrogens with one attached hydrogen (secondary N) is 1. The minimum absolute atomic E-state index is 0.00935. The predicted molar refractivity (Wildman–Crippen MR) is 65.7 cm³/mol. The van der Waals surface area contributed by atoms with Crippen LogP contribution < -0.4 is 11.2 Å². The number of hydrogen-bond acceptors (Lipinski definition) is 4. The largest absolute Gasteiger partial charge is 0.350 e. The molecule has 8 heteroatoms. The van der Waals surface area contributed by atoms with E-state index >= 15 is 0 Å². The van der Waals surface area contributed by atoms with Gasteiger partial charge in [0.1, 0.15) is 0 Å². The summed E-state index contributed by atoms with van der Waals surface area (Å²) >= 11 is 3.15. The summed E-state index contributed by atoms with van der Waals surface area (Å²) in [6.07, 6.45) is 1.56. The van der Waals surface area contributed by atoms with E-state index in [2.05, 4.69) is 21.0 Å². The molecule has 0 aromatic heterocycles. The average Bonchev–Trinajstić information content (AvgIpc) is 2.25. The van der Waals surface area contributed by atoms with Crippen LogP contribution in [-0.2, 0) is 6.42 Å². The smallest absolute Gasteiger partial charge is 0.332 e.